The lowest BCUT2D eigenvalue weighted by Crippen LogP contribution is -2.07. The number of ether oxygens (including phenoxy) is 1. The van der Waals surface area contributed by atoms with Crippen LogP contribution in [0, 0.1) is 6.92 Å². The molecule has 2 nitrogen and oxygen atoms in total. The summed E-state index contributed by atoms with van der Waals surface area (Å²) in [5.41, 5.74) is 7.96. The fraction of sp³-hybridized carbons (Fsp3) is 0.400. The molecular weight excluding hydrogens is 230 g/mol. The van der Waals surface area contributed by atoms with E-state index in [9.17, 15) is 0 Å². The molecule has 0 amide bonds. The number of hydrogen-bond donors (Lipinski definition) is 1. The lowest BCUT2D eigenvalue weighted by Gasteiger charge is -2.14. The van der Waals surface area contributed by atoms with Gasteiger partial charge in [-0.25, -0.2) is 0 Å². The Labute approximate surface area is 87.2 Å². The molecule has 0 heterocycles. The van der Waals surface area contributed by atoms with Crippen LogP contribution in [0.1, 0.15) is 24.1 Å². The maximum atomic E-state index is 5.83. The molecule has 0 radical (unpaired) electrons. The largest absolute Gasteiger partial charge is 0.496 e. The van der Waals surface area contributed by atoms with Crippen LogP contribution in [0.4, 0.5) is 0 Å². The smallest absolute Gasteiger partial charge is 0.126 e. The number of rotatable bonds is 2. The molecule has 0 saturated heterocycles. The molecule has 0 aliphatic rings. The van der Waals surface area contributed by atoms with Gasteiger partial charge in [-0.3, -0.25) is 0 Å². The summed E-state index contributed by atoms with van der Waals surface area (Å²) < 4.78 is 6.33. The first kappa shape index (κ1) is 10.5. The second kappa shape index (κ2) is 4.11. The van der Waals surface area contributed by atoms with Crippen molar-refractivity contribution in [1.82, 2.24) is 0 Å². The summed E-state index contributed by atoms with van der Waals surface area (Å²) in [6.45, 7) is 3.96. The highest BCUT2D eigenvalue weighted by Gasteiger charge is 2.10. The van der Waals surface area contributed by atoms with Crippen molar-refractivity contribution in [1.29, 1.82) is 0 Å². The minimum absolute atomic E-state index is 0.00819. The van der Waals surface area contributed by atoms with Crippen molar-refractivity contribution < 1.29 is 4.74 Å². The summed E-state index contributed by atoms with van der Waals surface area (Å²) in [6.07, 6.45) is 0. The number of methoxy groups -OCH3 is 1. The van der Waals surface area contributed by atoms with Gasteiger partial charge in [0.1, 0.15) is 5.75 Å². The van der Waals surface area contributed by atoms with Crippen molar-refractivity contribution in [3.8, 4) is 5.75 Å². The monoisotopic (exact) mass is 243 g/mol. The first-order chi connectivity index (χ1) is 6.06. The highest BCUT2D eigenvalue weighted by Crippen LogP contribution is 2.30. The third-order valence-corrected chi connectivity index (χ3v) is 2.42. The van der Waals surface area contributed by atoms with Crippen molar-refractivity contribution in [3.63, 3.8) is 0 Å². The van der Waals surface area contributed by atoms with E-state index in [0.29, 0.717) is 0 Å². The molecule has 3 heteroatoms. The Balaban J connectivity index is 3.29. The summed E-state index contributed by atoms with van der Waals surface area (Å²) in [6, 6.07) is 4.01. The number of aryl methyl sites for hydroxylation is 1. The van der Waals surface area contributed by atoms with Crippen LogP contribution in [0.25, 0.3) is 0 Å². The molecular formula is C10H14BrNO. The predicted molar refractivity (Wildman–Crippen MR) is 58.0 cm³/mol. The van der Waals surface area contributed by atoms with Gasteiger partial charge in [-0.15, -0.1) is 0 Å². The van der Waals surface area contributed by atoms with Gasteiger partial charge in [0.15, 0.2) is 0 Å². The number of halogens is 1. The van der Waals surface area contributed by atoms with E-state index in [4.69, 9.17) is 10.5 Å². The molecule has 1 unspecified atom stereocenters. The van der Waals surface area contributed by atoms with E-state index >= 15 is 0 Å². The van der Waals surface area contributed by atoms with Gasteiger partial charge in [0.05, 0.1) is 7.11 Å². The quantitative estimate of drug-likeness (QED) is 0.868. The van der Waals surface area contributed by atoms with E-state index in [-0.39, 0.29) is 6.04 Å². The fourth-order valence-electron chi connectivity index (χ4n) is 1.37. The summed E-state index contributed by atoms with van der Waals surface area (Å²) in [7, 11) is 1.67. The van der Waals surface area contributed by atoms with E-state index in [0.717, 1.165) is 21.3 Å². The van der Waals surface area contributed by atoms with Crippen LogP contribution >= 0.6 is 15.9 Å². The van der Waals surface area contributed by atoms with Crippen molar-refractivity contribution in [2.75, 3.05) is 7.11 Å². The molecule has 0 aliphatic carbocycles. The van der Waals surface area contributed by atoms with E-state index in [1.165, 1.54) is 0 Å². The van der Waals surface area contributed by atoms with Crippen molar-refractivity contribution in [3.05, 3.63) is 27.7 Å². The molecule has 2 N–H and O–H groups in total. The third-order valence-electron chi connectivity index (χ3n) is 1.96. The van der Waals surface area contributed by atoms with Gasteiger partial charge in [-0.05, 0) is 31.5 Å². The maximum Gasteiger partial charge on any atom is 0.126 e. The van der Waals surface area contributed by atoms with E-state index < -0.39 is 0 Å². The molecule has 1 aromatic carbocycles. The van der Waals surface area contributed by atoms with Crippen molar-refractivity contribution in [2.45, 2.75) is 19.9 Å². The molecule has 0 bridgehead atoms. The average molecular weight is 244 g/mol. The van der Waals surface area contributed by atoms with Gasteiger partial charge in [0.25, 0.3) is 0 Å². The molecule has 0 aliphatic heterocycles. The number of benzene rings is 1. The average Bonchev–Trinajstić information content (AvgIpc) is 2.02. The normalized spacial score (nSPS) is 12.7. The molecule has 0 fully saturated rings. The lowest BCUT2D eigenvalue weighted by molar-refractivity contribution is 0.403. The summed E-state index contributed by atoms with van der Waals surface area (Å²) >= 11 is 3.43. The zero-order chi connectivity index (χ0) is 10.0. The Morgan fingerprint density at radius 3 is 2.54 bits per heavy atom. The van der Waals surface area contributed by atoms with Gasteiger partial charge in [0.2, 0.25) is 0 Å². The molecule has 0 saturated carbocycles. The Bertz CT molecular complexity index is 310. The van der Waals surface area contributed by atoms with Crippen LogP contribution in [-0.2, 0) is 0 Å². The van der Waals surface area contributed by atoms with Gasteiger partial charge in [0, 0.05) is 16.1 Å². The summed E-state index contributed by atoms with van der Waals surface area (Å²) in [4.78, 5) is 0. The Morgan fingerprint density at radius 1 is 1.46 bits per heavy atom. The first-order valence-corrected chi connectivity index (χ1v) is 4.95. The highest BCUT2D eigenvalue weighted by molar-refractivity contribution is 9.10. The Hall–Kier alpha value is -0.540. The Morgan fingerprint density at radius 2 is 2.08 bits per heavy atom. The standard InChI is InChI=1S/C10H14BrNO/c1-6-4-8(11)5-9(7(2)12)10(6)13-3/h4-5,7H,12H2,1-3H3. The lowest BCUT2D eigenvalue weighted by atomic mass is 10.0. The van der Waals surface area contributed by atoms with Gasteiger partial charge in [-0.1, -0.05) is 15.9 Å². The fourth-order valence-corrected chi connectivity index (χ4v) is 1.96. The van der Waals surface area contributed by atoms with Gasteiger partial charge >= 0.3 is 0 Å². The second-order valence-electron chi connectivity index (χ2n) is 3.13. The van der Waals surface area contributed by atoms with E-state index in [1.54, 1.807) is 7.11 Å². The number of nitrogens with two attached hydrogens (primary N) is 1. The highest BCUT2D eigenvalue weighted by atomic mass is 79.9. The second-order valence-corrected chi connectivity index (χ2v) is 4.05. The topological polar surface area (TPSA) is 35.2 Å². The zero-order valence-electron chi connectivity index (χ0n) is 8.10. The molecule has 1 aromatic rings. The first-order valence-electron chi connectivity index (χ1n) is 4.16. The molecule has 72 valence electrons. The van der Waals surface area contributed by atoms with Crippen LogP contribution < -0.4 is 10.5 Å². The molecule has 0 aromatic heterocycles. The van der Waals surface area contributed by atoms with E-state index in [1.807, 2.05) is 26.0 Å². The predicted octanol–water partition coefficient (Wildman–Crippen LogP) is 2.79. The zero-order valence-corrected chi connectivity index (χ0v) is 9.68. The third kappa shape index (κ3) is 2.23. The molecule has 0 spiro atoms. The maximum absolute atomic E-state index is 5.83. The Kier molecular flexibility index (Phi) is 3.33. The van der Waals surface area contributed by atoms with Crippen LogP contribution in [0.2, 0.25) is 0 Å². The van der Waals surface area contributed by atoms with Crippen LogP contribution in [-0.4, -0.2) is 7.11 Å². The van der Waals surface area contributed by atoms with Gasteiger partial charge < -0.3 is 10.5 Å². The number of hydrogen-bond acceptors (Lipinski definition) is 2. The van der Waals surface area contributed by atoms with Crippen molar-refractivity contribution >= 4 is 15.9 Å². The minimum atomic E-state index is -0.00819. The summed E-state index contributed by atoms with van der Waals surface area (Å²) in [5, 5.41) is 0. The van der Waals surface area contributed by atoms with Crippen LogP contribution in [0.5, 0.6) is 5.75 Å². The van der Waals surface area contributed by atoms with Crippen LogP contribution in [0.15, 0.2) is 16.6 Å². The SMILES string of the molecule is COc1c(C)cc(Br)cc1C(C)N. The van der Waals surface area contributed by atoms with Gasteiger partial charge in [-0.2, -0.15) is 0 Å². The minimum Gasteiger partial charge on any atom is -0.496 e. The molecule has 13 heavy (non-hydrogen) atoms. The van der Waals surface area contributed by atoms with Crippen molar-refractivity contribution in [2.24, 2.45) is 5.73 Å². The summed E-state index contributed by atoms with van der Waals surface area (Å²) in [5.74, 6) is 0.887. The molecule has 1 atom stereocenters. The molecule has 1 rings (SSSR count). The van der Waals surface area contributed by atoms with Crippen LogP contribution in [0.3, 0.4) is 0 Å². The van der Waals surface area contributed by atoms with E-state index in [2.05, 4.69) is 15.9 Å².